The van der Waals surface area contributed by atoms with Crippen molar-refractivity contribution in [1.29, 1.82) is 0 Å². The van der Waals surface area contributed by atoms with E-state index in [1.807, 2.05) is 0 Å². The number of benzene rings is 1. The van der Waals surface area contributed by atoms with Crippen molar-refractivity contribution in [2.24, 2.45) is 5.92 Å². The van der Waals surface area contributed by atoms with E-state index in [-0.39, 0.29) is 16.5 Å². The molecule has 2 nitrogen and oxygen atoms in total. The molecule has 1 aromatic carbocycles. The van der Waals surface area contributed by atoms with E-state index in [0.29, 0.717) is 6.54 Å². The van der Waals surface area contributed by atoms with Gasteiger partial charge in [0.25, 0.3) is 0 Å². The minimum absolute atomic E-state index is 0.0713. The molecule has 1 aliphatic rings. The van der Waals surface area contributed by atoms with Crippen LogP contribution in [0.5, 0.6) is 0 Å². The number of halogens is 3. The molecular weight excluding hydrogens is 248 g/mol. The third-order valence-electron chi connectivity index (χ3n) is 3.16. The van der Waals surface area contributed by atoms with E-state index >= 15 is 0 Å². The monoisotopic (exact) mass is 261 g/mol. The van der Waals surface area contributed by atoms with Gasteiger partial charge in [0.15, 0.2) is 11.6 Å². The molecule has 0 bridgehead atoms. The molecule has 0 aromatic heterocycles. The molecule has 17 heavy (non-hydrogen) atoms. The molecule has 1 heterocycles. The summed E-state index contributed by atoms with van der Waals surface area (Å²) in [6.45, 7) is 1.48. The summed E-state index contributed by atoms with van der Waals surface area (Å²) in [6.07, 6.45) is 0.627. The van der Waals surface area contributed by atoms with Crippen molar-refractivity contribution >= 4 is 11.6 Å². The second kappa shape index (κ2) is 5.29. The van der Waals surface area contributed by atoms with Crippen LogP contribution in [0.25, 0.3) is 0 Å². The summed E-state index contributed by atoms with van der Waals surface area (Å²) in [6, 6.07) is 2.24. The van der Waals surface area contributed by atoms with Crippen LogP contribution in [-0.2, 0) is 0 Å². The maximum atomic E-state index is 13.6. The maximum absolute atomic E-state index is 13.6. The highest BCUT2D eigenvalue weighted by atomic mass is 35.5. The van der Waals surface area contributed by atoms with Crippen LogP contribution in [0, 0.1) is 17.6 Å². The lowest BCUT2D eigenvalue weighted by molar-refractivity contribution is 0.0882. The number of piperidine rings is 1. The summed E-state index contributed by atoms with van der Waals surface area (Å²) in [5, 5.41) is 13.3. The molecule has 0 spiro atoms. The first-order valence-corrected chi connectivity index (χ1v) is 6.01. The summed E-state index contributed by atoms with van der Waals surface area (Å²) in [7, 11) is 0. The van der Waals surface area contributed by atoms with Gasteiger partial charge in [0.1, 0.15) is 0 Å². The number of aliphatic hydroxyl groups is 1. The quantitative estimate of drug-likeness (QED) is 0.803. The molecule has 1 aromatic rings. The highest BCUT2D eigenvalue weighted by Gasteiger charge is 2.28. The molecule has 2 N–H and O–H groups in total. The van der Waals surface area contributed by atoms with Crippen LogP contribution >= 0.6 is 11.6 Å². The fourth-order valence-electron chi connectivity index (χ4n) is 2.20. The lowest BCUT2D eigenvalue weighted by Gasteiger charge is -2.28. The number of nitrogens with one attached hydrogen (secondary N) is 1. The Morgan fingerprint density at radius 3 is 2.82 bits per heavy atom. The Morgan fingerprint density at radius 1 is 1.41 bits per heavy atom. The first-order valence-electron chi connectivity index (χ1n) is 5.63. The van der Waals surface area contributed by atoms with Crippen molar-refractivity contribution in [3.8, 4) is 0 Å². The summed E-state index contributed by atoms with van der Waals surface area (Å²) < 4.78 is 26.8. The molecule has 2 unspecified atom stereocenters. The van der Waals surface area contributed by atoms with Gasteiger partial charge in [0, 0.05) is 23.0 Å². The lowest BCUT2D eigenvalue weighted by atomic mass is 9.89. The van der Waals surface area contributed by atoms with E-state index in [2.05, 4.69) is 5.32 Å². The largest absolute Gasteiger partial charge is 0.388 e. The summed E-state index contributed by atoms with van der Waals surface area (Å²) >= 11 is 5.83. The van der Waals surface area contributed by atoms with Gasteiger partial charge in [-0.25, -0.2) is 8.78 Å². The highest BCUT2D eigenvalue weighted by Crippen LogP contribution is 2.34. The molecule has 1 saturated heterocycles. The molecule has 5 heteroatoms. The smallest absolute Gasteiger partial charge is 0.166 e. The van der Waals surface area contributed by atoms with Gasteiger partial charge in [-0.2, -0.15) is 0 Å². The fourth-order valence-corrected chi connectivity index (χ4v) is 2.46. The van der Waals surface area contributed by atoms with Crippen LogP contribution in [0.2, 0.25) is 5.02 Å². The standard InChI is InChI=1S/C12H14ClF2NO/c13-8-3-4-9(14)11(15)10(8)12(17)7-2-1-5-16-6-7/h3-4,7,12,16-17H,1-2,5-6H2. The van der Waals surface area contributed by atoms with Crippen LogP contribution in [0.1, 0.15) is 24.5 Å². The van der Waals surface area contributed by atoms with Crippen molar-refractivity contribution in [1.82, 2.24) is 5.32 Å². The maximum Gasteiger partial charge on any atom is 0.166 e. The van der Waals surface area contributed by atoms with Gasteiger partial charge in [-0.05, 0) is 31.5 Å². The van der Waals surface area contributed by atoms with Gasteiger partial charge in [-0.15, -0.1) is 0 Å². The molecule has 1 aliphatic heterocycles. The molecular formula is C12H14ClF2NO. The van der Waals surface area contributed by atoms with Crippen molar-refractivity contribution in [2.45, 2.75) is 18.9 Å². The van der Waals surface area contributed by atoms with E-state index in [9.17, 15) is 13.9 Å². The predicted molar refractivity (Wildman–Crippen MR) is 61.9 cm³/mol. The predicted octanol–water partition coefficient (Wildman–Crippen LogP) is 2.65. The molecule has 0 saturated carbocycles. The van der Waals surface area contributed by atoms with Crippen molar-refractivity contribution < 1.29 is 13.9 Å². The molecule has 0 amide bonds. The second-order valence-corrected chi connectivity index (χ2v) is 4.72. The molecule has 2 rings (SSSR count). The van der Waals surface area contributed by atoms with Gasteiger partial charge in [-0.3, -0.25) is 0 Å². The Balaban J connectivity index is 2.29. The average Bonchev–Trinajstić information content (AvgIpc) is 2.35. The van der Waals surface area contributed by atoms with Crippen LogP contribution in [0.4, 0.5) is 8.78 Å². The molecule has 1 fully saturated rings. The highest BCUT2D eigenvalue weighted by molar-refractivity contribution is 6.31. The first kappa shape index (κ1) is 12.7. The third-order valence-corrected chi connectivity index (χ3v) is 3.49. The zero-order valence-corrected chi connectivity index (χ0v) is 9.97. The topological polar surface area (TPSA) is 32.3 Å². The third kappa shape index (κ3) is 2.59. The van der Waals surface area contributed by atoms with Crippen molar-refractivity contribution in [2.75, 3.05) is 13.1 Å². The first-order chi connectivity index (χ1) is 8.11. The van der Waals surface area contributed by atoms with Crippen molar-refractivity contribution in [3.05, 3.63) is 34.4 Å². The minimum Gasteiger partial charge on any atom is -0.388 e. The van der Waals surface area contributed by atoms with Crippen LogP contribution < -0.4 is 5.32 Å². The summed E-state index contributed by atoms with van der Waals surface area (Å²) in [5.41, 5.74) is -0.125. The van der Waals surface area contributed by atoms with E-state index in [1.54, 1.807) is 0 Å². The lowest BCUT2D eigenvalue weighted by Crippen LogP contribution is -2.33. The molecule has 0 radical (unpaired) electrons. The Kier molecular flexibility index (Phi) is 3.97. The van der Waals surface area contributed by atoms with Gasteiger partial charge < -0.3 is 10.4 Å². The summed E-state index contributed by atoms with van der Waals surface area (Å²) in [4.78, 5) is 0. The van der Waals surface area contributed by atoms with E-state index in [4.69, 9.17) is 11.6 Å². The van der Waals surface area contributed by atoms with E-state index in [0.717, 1.165) is 25.5 Å². The number of hydrogen-bond acceptors (Lipinski definition) is 2. The van der Waals surface area contributed by atoms with Crippen LogP contribution in [0.15, 0.2) is 12.1 Å². The van der Waals surface area contributed by atoms with Crippen molar-refractivity contribution in [3.63, 3.8) is 0 Å². The Morgan fingerprint density at radius 2 is 2.18 bits per heavy atom. The van der Waals surface area contributed by atoms with E-state index < -0.39 is 17.7 Å². The van der Waals surface area contributed by atoms with Gasteiger partial charge in [0.2, 0.25) is 0 Å². The Bertz CT molecular complexity index is 408. The van der Waals surface area contributed by atoms with Crippen LogP contribution in [0.3, 0.4) is 0 Å². The SMILES string of the molecule is OC(c1c(Cl)ccc(F)c1F)C1CCCNC1. The number of aliphatic hydroxyl groups excluding tert-OH is 1. The van der Waals surface area contributed by atoms with Gasteiger partial charge in [-0.1, -0.05) is 11.6 Å². The van der Waals surface area contributed by atoms with Gasteiger partial charge >= 0.3 is 0 Å². The fraction of sp³-hybridized carbons (Fsp3) is 0.500. The molecule has 2 atom stereocenters. The number of hydrogen-bond donors (Lipinski definition) is 2. The normalized spacial score (nSPS) is 22.5. The molecule has 94 valence electrons. The van der Waals surface area contributed by atoms with Crippen LogP contribution in [-0.4, -0.2) is 18.2 Å². The number of rotatable bonds is 2. The van der Waals surface area contributed by atoms with Gasteiger partial charge in [0.05, 0.1) is 6.10 Å². The summed E-state index contributed by atoms with van der Waals surface area (Å²) in [5.74, 6) is -2.15. The zero-order chi connectivity index (χ0) is 12.4. The second-order valence-electron chi connectivity index (χ2n) is 4.31. The minimum atomic E-state index is -1.06. The Hall–Kier alpha value is -0.710. The Labute approximate surface area is 104 Å². The zero-order valence-electron chi connectivity index (χ0n) is 9.22. The molecule has 0 aliphatic carbocycles. The van der Waals surface area contributed by atoms with E-state index in [1.165, 1.54) is 6.07 Å². The average molecular weight is 262 g/mol.